The fraction of sp³-hybridized carbons (Fsp3) is 0.364. The molecule has 1 heterocycles. The van der Waals surface area contributed by atoms with Gasteiger partial charge in [-0.25, -0.2) is 9.18 Å². The molecule has 0 aromatic heterocycles. The summed E-state index contributed by atoms with van der Waals surface area (Å²) in [6.07, 6.45) is 0.135. The van der Waals surface area contributed by atoms with Gasteiger partial charge < -0.3 is 9.84 Å². The molecule has 3 nitrogen and oxygen atoms in total. The average molecular weight is 210 g/mol. The van der Waals surface area contributed by atoms with Gasteiger partial charge in [0.25, 0.3) is 0 Å². The summed E-state index contributed by atoms with van der Waals surface area (Å²) in [5.41, 5.74) is 1.22. The third kappa shape index (κ3) is 1.79. The predicted octanol–water partition coefficient (Wildman–Crippen LogP) is 1.91. The summed E-state index contributed by atoms with van der Waals surface area (Å²) in [7, 11) is 0. The molecule has 1 aliphatic rings. The number of fused-ring (bicyclic) bond motifs is 1. The lowest BCUT2D eigenvalue weighted by atomic mass is 10.0. The second kappa shape index (κ2) is 3.53. The lowest BCUT2D eigenvalue weighted by molar-refractivity contribution is -0.145. The van der Waals surface area contributed by atoms with E-state index < -0.39 is 12.1 Å². The first-order chi connectivity index (χ1) is 7.08. The molecule has 2 rings (SSSR count). The number of carboxylic acids is 1. The van der Waals surface area contributed by atoms with Crippen LogP contribution in [-0.4, -0.2) is 17.2 Å². The first-order valence-electron chi connectivity index (χ1n) is 4.76. The third-order valence-electron chi connectivity index (χ3n) is 2.56. The summed E-state index contributed by atoms with van der Waals surface area (Å²) < 4.78 is 18.5. The van der Waals surface area contributed by atoms with Crippen LogP contribution in [0, 0.1) is 12.7 Å². The molecule has 1 aliphatic heterocycles. The number of halogens is 1. The van der Waals surface area contributed by atoms with Gasteiger partial charge in [0.1, 0.15) is 11.6 Å². The van der Waals surface area contributed by atoms with Crippen molar-refractivity contribution >= 4 is 5.97 Å². The third-order valence-corrected chi connectivity index (χ3v) is 2.56. The molecule has 4 heteroatoms. The van der Waals surface area contributed by atoms with E-state index in [9.17, 15) is 9.18 Å². The quantitative estimate of drug-likeness (QED) is 0.770. The van der Waals surface area contributed by atoms with Crippen molar-refractivity contribution in [2.75, 3.05) is 0 Å². The van der Waals surface area contributed by atoms with E-state index in [1.54, 1.807) is 13.0 Å². The molecular formula is C11H11FO3. The molecule has 0 bridgehead atoms. The minimum Gasteiger partial charge on any atom is -0.479 e. The molecule has 1 aromatic rings. The summed E-state index contributed by atoms with van der Waals surface area (Å²) >= 11 is 0. The Morgan fingerprint density at radius 3 is 3.00 bits per heavy atom. The fourth-order valence-corrected chi connectivity index (χ4v) is 1.67. The SMILES string of the molecule is Cc1cc2c(cc1F)CC[C@H](C(=O)O)O2. The van der Waals surface area contributed by atoms with E-state index in [4.69, 9.17) is 9.84 Å². The highest BCUT2D eigenvalue weighted by Crippen LogP contribution is 2.29. The van der Waals surface area contributed by atoms with Gasteiger partial charge in [-0.3, -0.25) is 0 Å². The van der Waals surface area contributed by atoms with Gasteiger partial charge in [-0.15, -0.1) is 0 Å². The number of ether oxygens (including phenoxy) is 1. The van der Waals surface area contributed by atoms with Crippen molar-refractivity contribution in [3.8, 4) is 5.75 Å². The van der Waals surface area contributed by atoms with Crippen LogP contribution in [0.15, 0.2) is 12.1 Å². The summed E-state index contributed by atoms with van der Waals surface area (Å²) in [6, 6.07) is 2.97. The summed E-state index contributed by atoms with van der Waals surface area (Å²) in [5.74, 6) is -0.749. The zero-order valence-electron chi connectivity index (χ0n) is 8.29. The fourth-order valence-electron chi connectivity index (χ4n) is 1.67. The monoisotopic (exact) mass is 210 g/mol. The number of aryl methyl sites for hydroxylation is 2. The van der Waals surface area contributed by atoms with E-state index in [0.717, 1.165) is 5.56 Å². The maximum atomic E-state index is 13.2. The van der Waals surface area contributed by atoms with Crippen molar-refractivity contribution in [3.05, 3.63) is 29.1 Å². The van der Waals surface area contributed by atoms with Gasteiger partial charge >= 0.3 is 5.97 Å². The van der Waals surface area contributed by atoms with Crippen LogP contribution < -0.4 is 4.74 Å². The van der Waals surface area contributed by atoms with E-state index in [1.807, 2.05) is 0 Å². The van der Waals surface area contributed by atoms with Crippen LogP contribution in [0.1, 0.15) is 17.5 Å². The molecule has 0 spiro atoms. The maximum Gasteiger partial charge on any atom is 0.344 e. The van der Waals surface area contributed by atoms with Crippen molar-refractivity contribution in [1.29, 1.82) is 0 Å². The predicted molar refractivity (Wildman–Crippen MR) is 51.5 cm³/mol. The normalized spacial score (nSPS) is 19.2. The van der Waals surface area contributed by atoms with Gasteiger partial charge in [-0.05, 0) is 43.0 Å². The molecule has 0 fully saturated rings. The average Bonchev–Trinajstić information content (AvgIpc) is 2.19. The highest BCUT2D eigenvalue weighted by molar-refractivity contribution is 5.73. The number of carboxylic acid groups (broad SMARTS) is 1. The Kier molecular flexibility index (Phi) is 2.34. The molecule has 0 aliphatic carbocycles. The number of rotatable bonds is 1. The molecule has 0 amide bonds. The van der Waals surface area contributed by atoms with Crippen molar-refractivity contribution in [2.45, 2.75) is 25.9 Å². The van der Waals surface area contributed by atoms with Crippen LogP contribution in [-0.2, 0) is 11.2 Å². The highest BCUT2D eigenvalue weighted by atomic mass is 19.1. The highest BCUT2D eigenvalue weighted by Gasteiger charge is 2.26. The Labute approximate surface area is 86.5 Å². The van der Waals surface area contributed by atoms with Crippen LogP contribution >= 0.6 is 0 Å². The van der Waals surface area contributed by atoms with Gasteiger partial charge in [0.2, 0.25) is 0 Å². The largest absolute Gasteiger partial charge is 0.479 e. The van der Waals surface area contributed by atoms with E-state index >= 15 is 0 Å². The van der Waals surface area contributed by atoms with Crippen LogP contribution in [0.4, 0.5) is 4.39 Å². The summed E-state index contributed by atoms with van der Waals surface area (Å²) in [6.45, 7) is 1.63. The Hall–Kier alpha value is -1.58. The second-order valence-electron chi connectivity index (χ2n) is 3.69. The molecule has 0 unspecified atom stereocenters. The molecular weight excluding hydrogens is 199 g/mol. The van der Waals surface area contributed by atoms with Crippen LogP contribution in [0.5, 0.6) is 5.75 Å². The molecule has 80 valence electrons. The second-order valence-corrected chi connectivity index (χ2v) is 3.69. The minimum absolute atomic E-state index is 0.272. The number of hydrogen-bond acceptors (Lipinski definition) is 2. The summed E-state index contributed by atoms with van der Waals surface area (Å²) in [4.78, 5) is 10.7. The van der Waals surface area contributed by atoms with Gasteiger partial charge in [0.05, 0.1) is 0 Å². The Bertz CT molecular complexity index is 415. The molecule has 15 heavy (non-hydrogen) atoms. The van der Waals surface area contributed by atoms with Crippen LogP contribution in [0.3, 0.4) is 0 Å². The number of aliphatic carboxylic acids is 1. The van der Waals surface area contributed by atoms with Gasteiger partial charge in [0, 0.05) is 0 Å². The van der Waals surface area contributed by atoms with Gasteiger partial charge in [0.15, 0.2) is 6.10 Å². The smallest absolute Gasteiger partial charge is 0.344 e. The summed E-state index contributed by atoms with van der Waals surface area (Å²) in [5, 5.41) is 8.79. The van der Waals surface area contributed by atoms with Crippen molar-refractivity contribution < 1.29 is 19.0 Å². The maximum absolute atomic E-state index is 13.2. The van der Waals surface area contributed by atoms with E-state index in [0.29, 0.717) is 24.2 Å². The number of carbonyl (C=O) groups is 1. The minimum atomic E-state index is -0.970. The molecule has 0 saturated heterocycles. The topological polar surface area (TPSA) is 46.5 Å². The Morgan fingerprint density at radius 1 is 1.60 bits per heavy atom. The van der Waals surface area contributed by atoms with E-state index in [2.05, 4.69) is 0 Å². The van der Waals surface area contributed by atoms with Crippen molar-refractivity contribution in [2.24, 2.45) is 0 Å². The lowest BCUT2D eigenvalue weighted by Crippen LogP contribution is -2.30. The number of hydrogen-bond donors (Lipinski definition) is 1. The zero-order valence-corrected chi connectivity index (χ0v) is 8.29. The number of benzene rings is 1. The molecule has 1 N–H and O–H groups in total. The standard InChI is InChI=1S/C11H11FO3/c1-6-4-10-7(5-8(6)12)2-3-9(15-10)11(13)14/h4-5,9H,2-3H2,1H3,(H,13,14)/t9-/m1/s1. The van der Waals surface area contributed by atoms with Crippen LogP contribution in [0.2, 0.25) is 0 Å². The first-order valence-corrected chi connectivity index (χ1v) is 4.76. The molecule has 1 aromatic carbocycles. The molecule has 1 atom stereocenters. The first kappa shape index (κ1) is 9.96. The van der Waals surface area contributed by atoms with Crippen molar-refractivity contribution in [3.63, 3.8) is 0 Å². The van der Waals surface area contributed by atoms with E-state index in [-0.39, 0.29) is 5.82 Å². The Morgan fingerprint density at radius 2 is 2.33 bits per heavy atom. The van der Waals surface area contributed by atoms with Crippen molar-refractivity contribution in [1.82, 2.24) is 0 Å². The zero-order chi connectivity index (χ0) is 11.0. The van der Waals surface area contributed by atoms with E-state index in [1.165, 1.54) is 6.07 Å². The van der Waals surface area contributed by atoms with Gasteiger partial charge in [-0.1, -0.05) is 0 Å². The molecule has 0 saturated carbocycles. The van der Waals surface area contributed by atoms with Crippen LogP contribution in [0.25, 0.3) is 0 Å². The van der Waals surface area contributed by atoms with Gasteiger partial charge in [-0.2, -0.15) is 0 Å². The Balaban J connectivity index is 2.34. The molecule has 0 radical (unpaired) electrons. The lowest BCUT2D eigenvalue weighted by Gasteiger charge is -2.23.